The Bertz CT molecular complexity index is 676. The molecule has 2 aromatic rings. The van der Waals surface area contributed by atoms with E-state index >= 15 is 0 Å². The van der Waals surface area contributed by atoms with Gasteiger partial charge in [-0.1, -0.05) is 11.6 Å². The molecule has 1 aromatic heterocycles. The first-order chi connectivity index (χ1) is 7.58. The van der Waals surface area contributed by atoms with E-state index in [1.54, 1.807) is 12.1 Å². The van der Waals surface area contributed by atoms with E-state index in [0.717, 1.165) is 5.69 Å². The van der Waals surface area contributed by atoms with Gasteiger partial charge in [0, 0.05) is 16.1 Å². The number of benzene rings is 1. The number of aromatic nitrogens is 2. The molecule has 16 heavy (non-hydrogen) atoms. The number of hydrogen-bond acceptors (Lipinski definition) is 3. The number of sulfone groups is 1. The van der Waals surface area contributed by atoms with Crippen molar-refractivity contribution < 1.29 is 8.42 Å². The predicted molar refractivity (Wildman–Crippen MR) is 59.9 cm³/mol. The van der Waals surface area contributed by atoms with Crippen LogP contribution in [0.25, 0.3) is 11.3 Å². The van der Waals surface area contributed by atoms with Crippen molar-refractivity contribution in [3.8, 4) is 11.3 Å². The third-order valence-corrected chi connectivity index (χ3v) is 4.56. The molecule has 0 spiro atoms. The van der Waals surface area contributed by atoms with E-state index in [0.29, 0.717) is 21.0 Å². The summed E-state index contributed by atoms with van der Waals surface area (Å²) < 4.78 is 23.9. The minimum Gasteiger partial charge on any atom is -0.277 e. The van der Waals surface area contributed by atoms with Gasteiger partial charge < -0.3 is 0 Å². The quantitative estimate of drug-likeness (QED) is 0.782. The van der Waals surface area contributed by atoms with E-state index < -0.39 is 9.84 Å². The third kappa shape index (κ3) is 1.28. The van der Waals surface area contributed by atoms with Crippen LogP contribution in [0.5, 0.6) is 0 Å². The van der Waals surface area contributed by atoms with E-state index in [-0.39, 0.29) is 5.75 Å². The molecule has 6 heteroatoms. The first-order valence-corrected chi connectivity index (χ1v) is 6.66. The topological polar surface area (TPSA) is 62.8 Å². The Morgan fingerprint density at radius 3 is 3.00 bits per heavy atom. The predicted octanol–water partition coefficient (Wildman–Crippen LogP) is 2.02. The second kappa shape index (κ2) is 3.09. The van der Waals surface area contributed by atoms with Crippen LogP contribution in [0, 0.1) is 0 Å². The molecule has 3 rings (SSSR count). The molecule has 0 atom stereocenters. The number of aromatic amines is 1. The highest BCUT2D eigenvalue weighted by atomic mass is 35.5. The summed E-state index contributed by atoms with van der Waals surface area (Å²) in [6, 6.07) is 4.76. The minimum atomic E-state index is -3.26. The van der Waals surface area contributed by atoms with Crippen molar-refractivity contribution in [3.05, 3.63) is 35.0 Å². The average molecular weight is 255 g/mol. The monoisotopic (exact) mass is 254 g/mol. The Balaban J connectivity index is 2.43. The van der Waals surface area contributed by atoms with Gasteiger partial charge in [-0.05, 0) is 18.2 Å². The van der Waals surface area contributed by atoms with Crippen molar-refractivity contribution >= 4 is 21.4 Å². The van der Waals surface area contributed by atoms with Gasteiger partial charge in [-0.25, -0.2) is 8.42 Å². The van der Waals surface area contributed by atoms with Crippen LogP contribution in [0.2, 0.25) is 5.02 Å². The van der Waals surface area contributed by atoms with Gasteiger partial charge >= 0.3 is 0 Å². The SMILES string of the molecule is O=S1(=O)Cc2cn[nH]c2-c2cc(Cl)ccc21. The van der Waals surface area contributed by atoms with Crippen LogP contribution in [-0.4, -0.2) is 18.6 Å². The molecule has 4 nitrogen and oxygen atoms in total. The summed E-state index contributed by atoms with van der Waals surface area (Å²) in [6.07, 6.45) is 1.54. The normalized spacial score (nSPS) is 16.6. The van der Waals surface area contributed by atoms with Crippen LogP contribution in [-0.2, 0) is 15.6 Å². The number of fused-ring (bicyclic) bond motifs is 3. The Morgan fingerprint density at radius 2 is 2.19 bits per heavy atom. The fourth-order valence-corrected chi connectivity index (χ4v) is 3.63. The largest absolute Gasteiger partial charge is 0.277 e. The van der Waals surface area contributed by atoms with Crippen molar-refractivity contribution in [2.24, 2.45) is 0 Å². The fourth-order valence-electron chi connectivity index (χ4n) is 1.90. The molecule has 0 amide bonds. The zero-order chi connectivity index (χ0) is 11.3. The molecule has 2 heterocycles. The fraction of sp³-hybridized carbons (Fsp3) is 0.100. The molecular weight excluding hydrogens is 248 g/mol. The first-order valence-electron chi connectivity index (χ1n) is 4.63. The van der Waals surface area contributed by atoms with E-state index in [9.17, 15) is 8.42 Å². The number of hydrogen-bond donors (Lipinski definition) is 1. The maximum Gasteiger partial charge on any atom is 0.183 e. The molecule has 0 bridgehead atoms. The molecule has 0 saturated heterocycles. The number of halogens is 1. The molecule has 1 N–H and O–H groups in total. The van der Waals surface area contributed by atoms with Gasteiger partial charge in [-0.3, -0.25) is 5.10 Å². The van der Waals surface area contributed by atoms with E-state index in [4.69, 9.17) is 11.6 Å². The van der Waals surface area contributed by atoms with Gasteiger partial charge in [-0.15, -0.1) is 0 Å². The van der Waals surface area contributed by atoms with Crippen molar-refractivity contribution in [1.29, 1.82) is 0 Å². The first kappa shape index (κ1) is 9.86. The summed E-state index contributed by atoms with van der Waals surface area (Å²) in [5.41, 5.74) is 2.04. The third-order valence-electron chi connectivity index (χ3n) is 2.61. The van der Waals surface area contributed by atoms with Crippen molar-refractivity contribution in [1.82, 2.24) is 10.2 Å². The second-order valence-electron chi connectivity index (χ2n) is 3.67. The summed E-state index contributed by atoms with van der Waals surface area (Å²) in [4.78, 5) is 0.314. The molecule has 0 saturated carbocycles. The van der Waals surface area contributed by atoms with E-state index in [2.05, 4.69) is 10.2 Å². The Morgan fingerprint density at radius 1 is 1.38 bits per heavy atom. The van der Waals surface area contributed by atoms with Crippen LogP contribution in [0.4, 0.5) is 0 Å². The van der Waals surface area contributed by atoms with Gasteiger partial charge in [0.25, 0.3) is 0 Å². The number of nitrogens with one attached hydrogen (secondary N) is 1. The molecule has 1 aliphatic rings. The highest BCUT2D eigenvalue weighted by molar-refractivity contribution is 7.90. The minimum absolute atomic E-state index is 0.00648. The van der Waals surface area contributed by atoms with Crippen molar-refractivity contribution in [2.45, 2.75) is 10.6 Å². The molecule has 0 fully saturated rings. The van der Waals surface area contributed by atoms with Gasteiger partial charge in [0.15, 0.2) is 9.84 Å². The maximum atomic E-state index is 12.0. The summed E-state index contributed by atoms with van der Waals surface area (Å²) in [7, 11) is -3.26. The molecule has 82 valence electrons. The average Bonchev–Trinajstić information content (AvgIpc) is 2.64. The highest BCUT2D eigenvalue weighted by Gasteiger charge is 2.29. The summed E-state index contributed by atoms with van der Waals surface area (Å²) in [5, 5.41) is 7.18. The van der Waals surface area contributed by atoms with Gasteiger partial charge in [-0.2, -0.15) is 5.10 Å². The van der Waals surface area contributed by atoms with Crippen molar-refractivity contribution in [3.63, 3.8) is 0 Å². The van der Waals surface area contributed by atoms with E-state index in [1.807, 2.05) is 0 Å². The molecular formula is C10H7ClN2O2S. The van der Waals surface area contributed by atoms with E-state index in [1.165, 1.54) is 12.3 Å². The number of rotatable bonds is 0. The lowest BCUT2D eigenvalue weighted by Gasteiger charge is -2.16. The summed E-state index contributed by atoms with van der Waals surface area (Å²) in [5.74, 6) is -0.00648. The van der Waals surface area contributed by atoms with Crippen LogP contribution < -0.4 is 0 Å². The van der Waals surface area contributed by atoms with Crippen LogP contribution in [0.3, 0.4) is 0 Å². The number of H-pyrrole nitrogens is 1. The molecule has 1 aliphatic heterocycles. The van der Waals surface area contributed by atoms with Gasteiger partial charge in [0.2, 0.25) is 0 Å². The zero-order valence-corrected chi connectivity index (χ0v) is 9.64. The molecule has 0 radical (unpaired) electrons. The standard InChI is InChI=1S/C10H7ClN2O2S/c11-7-1-2-9-8(3-7)10-6(4-12-13-10)5-16(9,14)15/h1-4H,5H2,(H,12,13). The second-order valence-corrected chi connectivity index (χ2v) is 6.06. The van der Waals surface area contributed by atoms with Crippen LogP contribution in [0.15, 0.2) is 29.3 Å². The number of nitrogens with zero attached hydrogens (tertiary/aromatic N) is 1. The summed E-state index contributed by atoms with van der Waals surface area (Å²) >= 11 is 5.87. The molecule has 1 aromatic carbocycles. The Labute approximate surface area is 97.2 Å². The molecule has 0 aliphatic carbocycles. The molecule has 0 unspecified atom stereocenters. The smallest absolute Gasteiger partial charge is 0.183 e. The van der Waals surface area contributed by atoms with Crippen LogP contribution >= 0.6 is 11.6 Å². The van der Waals surface area contributed by atoms with Crippen LogP contribution in [0.1, 0.15) is 5.56 Å². The lowest BCUT2D eigenvalue weighted by Crippen LogP contribution is -2.11. The maximum absolute atomic E-state index is 12.0. The highest BCUT2D eigenvalue weighted by Crippen LogP contribution is 2.37. The lowest BCUT2D eigenvalue weighted by molar-refractivity contribution is 0.594. The Kier molecular flexibility index (Phi) is 1.90. The lowest BCUT2D eigenvalue weighted by atomic mass is 10.1. The van der Waals surface area contributed by atoms with Crippen molar-refractivity contribution in [2.75, 3.05) is 0 Å². The summed E-state index contributed by atoms with van der Waals surface area (Å²) in [6.45, 7) is 0. The van der Waals surface area contributed by atoms with Gasteiger partial charge in [0.05, 0.1) is 22.5 Å². The van der Waals surface area contributed by atoms with Gasteiger partial charge in [0.1, 0.15) is 0 Å². The Hall–Kier alpha value is -1.33. The zero-order valence-electron chi connectivity index (χ0n) is 8.07.